The maximum absolute atomic E-state index is 12.4. The summed E-state index contributed by atoms with van der Waals surface area (Å²) < 4.78 is 6.64. The monoisotopic (exact) mass is 334 g/mol. The Bertz CT molecular complexity index is 685. The fourth-order valence-electron chi connectivity index (χ4n) is 2.54. The first kappa shape index (κ1) is 15.4. The minimum Gasteiger partial charge on any atom is -0.493 e. The van der Waals surface area contributed by atoms with Crippen molar-refractivity contribution in [2.45, 2.75) is 30.1 Å². The van der Waals surface area contributed by atoms with E-state index in [1.165, 1.54) is 0 Å². The zero-order chi connectivity index (χ0) is 15.5. The predicted octanol–water partition coefficient (Wildman–Crippen LogP) is 3.36. The Labute approximate surface area is 138 Å². The Morgan fingerprint density at radius 1 is 1.50 bits per heavy atom. The fourth-order valence-corrected chi connectivity index (χ4v) is 4.19. The third-order valence-electron chi connectivity index (χ3n) is 3.66. The van der Waals surface area contributed by atoms with Gasteiger partial charge in [-0.25, -0.2) is 4.98 Å². The Morgan fingerprint density at radius 3 is 3.09 bits per heavy atom. The van der Waals surface area contributed by atoms with Gasteiger partial charge >= 0.3 is 0 Å². The summed E-state index contributed by atoms with van der Waals surface area (Å²) in [5, 5.41) is 3.13. The van der Waals surface area contributed by atoms with Crippen molar-refractivity contribution in [2.75, 3.05) is 12.9 Å². The summed E-state index contributed by atoms with van der Waals surface area (Å²) in [5.41, 5.74) is 2.02. The van der Waals surface area contributed by atoms with Gasteiger partial charge in [0, 0.05) is 16.9 Å². The summed E-state index contributed by atoms with van der Waals surface area (Å²) in [7, 11) is 0. The van der Waals surface area contributed by atoms with E-state index in [9.17, 15) is 4.79 Å². The molecular weight excluding hydrogens is 316 g/mol. The molecule has 6 heteroatoms. The van der Waals surface area contributed by atoms with Crippen molar-refractivity contribution in [1.29, 1.82) is 0 Å². The van der Waals surface area contributed by atoms with Crippen molar-refractivity contribution >= 4 is 29.0 Å². The number of benzene rings is 1. The molecule has 1 aromatic heterocycles. The normalized spacial score (nSPS) is 16.7. The average molecular weight is 334 g/mol. The number of aryl methyl sites for hydroxylation is 1. The molecule has 0 fully saturated rings. The highest BCUT2D eigenvalue weighted by molar-refractivity contribution is 8.00. The van der Waals surface area contributed by atoms with Crippen LogP contribution in [-0.4, -0.2) is 23.8 Å². The molecule has 1 aliphatic heterocycles. The molecule has 0 saturated carbocycles. The summed E-state index contributed by atoms with van der Waals surface area (Å²) >= 11 is 3.22. The van der Waals surface area contributed by atoms with Crippen molar-refractivity contribution in [3.8, 4) is 5.75 Å². The maximum Gasteiger partial charge on any atom is 0.225 e. The molecule has 2 heterocycles. The molecule has 1 atom stereocenters. The summed E-state index contributed by atoms with van der Waals surface area (Å²) in [4.78, 5) is 17.9. The lowest BCUT2D eigenvalue weighted by molar-refractivity contribution is -0.121. The SMILES string of the molecule is CSc1nc(C)c(CC(=O)NC2CCOc3ccccc32)s1. The number of ether oxygens (including phenoxy) is 1. The molecule has 0 spiro atoms. The van der Waals surface area contributed by atoms with Gasteiger partial charge in [0.1, 0.15) is 10.1 Å². The smallest absolute Gasteiger partial charge is 0.225 e. The van der Waals surface area contributed by atoms with Gasteiger partial charge in [0.2, 0.25) is 5.91 Å². The number of carbonyl (C=O) groups excluding carboxylic acids is 1. The number of thioether (sulfide) groups is 1. The molecule has 4 nitrogen and oxygen atoms in total. The van der Waals surface area contributed by atoms with E-state index in [4.69, 9.17) is 4.74 Å². The van der Waals surface area contributed by atoms with Crippen LogP contribution in [0.4, 0.5) is 0 Å². The van der Waals surface area contributed by atoms with Crippen LogP contribution in [0.1, 0.15) is 28.6 Å². The summed E-state index contributed by atoms with van der Waals surface area (Å²) in [6, 6.07) is 7.93. The van der Waals surface area contributed by atoms with Crippen LogP contribution in [0.25, 0.3) is 0 Å². The summed E-state index contributed by atoms with van der Waals surface area (Å²) in [6.45, 7) is 2.60. The van der Waals surface area contributed by atoms with E-state index < -0.39 is 0 Å². The third-order valence-corrected chi connectivity index (χ3v) is 5.81. The first-order chi connectivity index (χ1) is 10.7. The molecule has 116 valence electrons. The number of fused-ring (bicyclic) bond motifs is 1. The number of carbonyl (C=O) groups is 1. The summed E-state index contributed by atoms with van der Waals surface area (Å²) in [6.07, 6.45) is 3.20. The molecular formula is C16H18N2O2S2. The van der Waals surface area contributed by atoms with Gasteiger partial charge in [0.05, 0.1) is 24.8 Å². The van der Waals surface area contributed by atoms with Crippen LogP contribution in [0.3, 0.4) is 0 Å². The first-order valence-corrected chi connectivity index (χ1v) is 9.23. The molecule has 1 aromatic carbocycles. The highest BCUT2D eigenvalue weighted by atomic mass is 32.2. The number of aromatic nitrogens is 1. The topological polar surface area (TPSA) is 51.2 Å². The fraction of sp³-hybridized carbons (Fsp3) is 0.375. The number of thiazole rings is 1. The van der Waals surface area contributed by atoms with Crippen LogP contribution in [0.15, 0.2) is 28.6 Å². The number of nitrogens with zero attached hydrogens (tertiary/aromatic N) is 1. The van der Waals surface area contributed by atoms with Gasteiger partial charge < -0.3 is 10.1 Å². The van der Waals surface area contributed by atoms with Gasteiger partial charge in [0.25, 0.3) is 0 Å². The average Bonchev–Trinajstić information content (AvgIpc) is 2.88. The van der Waals surface area contributed by atoms with Crippen LogP contribution < -0.4 is 10.1 Å². The van der Waals surface area contributed by atoms with Crippen molar-refractivity contribution in [2.24, 2.45) is 0 Å². The Hall–Kier alpha value is -1.53. The lowest BCUT2D eigenvalue weighted by atomic mass is 10.0. The molecule has 0 bridgehead atoms. The molecule has 3 rings (SSSR count). The van der Waals surface area contributed by atoms with Gasteiger partial charge in [-0.1, -0.05) is 30.0 Å². The third kappa shape index (κ3) is 3.28. The van der Waals surface area contributed by atoms with E-state index in [1.54, 1.807) is 23.1 Å². The van der Waals surface area contributed by atoms with Crippen molar-refractivity contribution in [1.82, 2.24) is 10.3 Å². The molecule has 0 radical (unpaired) electrons. The van der Waals surface area contributed by atoms with Crippen LogP contribution in [0.2, 0.25) is 0 Å². The van der Waals surface area contributed by atoms with Crippen LogP contribution in [-0.2, 0) is 11.2 Å². The van der Waals surface area contributed by atoms with Gasteiger partial charge in [0.15, 0.2) is 0 Å². The predicted molar refractivity (Wildman–Crippen MR) is 89.8 cm³/mol. The molecule has 1 amide bonds. The number of hydrogen-bond donors (Lipinski definition) is 1. The highest BCUT2D eigenvalue weighted by Gasteiger charge is 2.23. The molecule has 1 unspecified atom stereocenters. The Kier molecular flexibility index (Phi) is 4.69. The molecule has 1 N–H and O–H groups in total. The second-order valence-corrected chi connectivity index (χ2v) is 7.30. The second-order valence-electron chi connectivity index (χ2n) is 5.16. The largest absolute Gasteiger partial charge is 0.493 e. The molecule has 1 aliphatic rings. The molecule has 0 aliphatic carbocycles. The standard InChI is InChI=1S/C16H18N2O2S2/c1-10-14(22-16(17-10)21-2)9-15(19)18-12-7-8-20-13-6-4-3-5-11(12)13/h3-6,12H,7-9H2,1-2H3,(H,18,19). The lowest BCUT2D eigenvalue weighted by Crippen LogP contribution is -2.33. The van der Waals surface area contributed by atoms with Crippen LogP contribution in [0.5, 0.6) is 5.75 Å². The minimum absolute atomic E-state index is 0.0331. The van der Waals surface area contributed by atoms with Crippen molar-refractivity contribution < 1.29 is 9.53 Å². The zero-order valence-electron chi connectivity index (χ0n) is 12.6. The van der Waals surface area contributed by atoms with Crippen molar-refractivity contribution in [3.05, 3.63) is 40.4 Å². The van der Waals surface area contributed by atoms with E-state index >= 15 is 0 Å². The van der Waals surface area contributed by atoms with Gasteiger partial charge in [-0.2, -0.15) is 0 Å². The van der Waals surface area contributed by atoms with E-state index in [2.05, 4.69) is 10.3 Å². The van der Waals surface area contributed by atoms with E-state index in [0.717, 1.165) is 32.6 Å². The Morgan fingerprint density at radius 2 is 2.32 bits per heavy atom. The lowest BCUT2D eigenvalue weighted by Gasteiger charge is -2.26. The maximum atomic E-state index is 12.4. The number of hydrogen-bond acceptors (Lipinski definition) is 5. The quantitative estimate of drug-likeness (QED) is 0.871. The van der Waals surface area contributed by atoms with Crippen LogP contribution in [0, 0.1) is 6.92 Å². The number of amides is 1. The first-order valence-electron chi connectivity index (χ1n) is 7.18. The second kappa shape index (κ2) is 6.71. The molecule has 22 heavy (non-hydrogen) atoms. The molecule has 0 saturated heterocycles. The molecule has 2 aromatic rings. The number of nitrogens with one attached hydrogen (secondary N) is 1. The number of rotatable bonds is 4. The highest BCUT2D eigenvalue weighted by Crippen LogP contribution is 2.32. The Balaban J connectivity index is 1.69. The van der Waals surface area contributed by atoms with E-state index in [1.807, 2.05) is 37.4 Å². The minimum atomic E-state index is 0.0331. The van der Waals surface area contributed by atoms with Crippen molar-refractivity contribution in [3.63, 3.8) is 0 Å². The summed E-state index contributed by atoms with van der Waals surface area (Å²) in [5.74, 6) is 0.916. The van der Waals surface area contributed by atoms with E-state index in [0.29, 0.717) is 13.0 Å². The van der Waals surface area contributed by atoms with Gasteiger partial charge in [-0.15, -0.1) is 11.3 Å². The van der Waals surface area contributed by atoms with Gasteiger partial charge in [-0.05, 0) is 19.2 Å². The van der Waals surface area contributed by atoms with Crippen LogP contribution >= 0.6 is 23.1 Å². The van der Waals surface area contributed by atoms with Gasteiger partial charge in [-0.3, -0.25) is 4.79 Å². The van der Waals surface area contributed by atoms with E-state index in [-0.39, 0.29) is 11.9 Å². The zero-order valence-corrected chi connectivity index (χ0v) is 14.2. The number of para-hydroxylation sites is 1.